The topological polar surface area (TPSA) is 173 Å². The third-order valence-electron chi connectivity index (χ3n) is 7.59. The first kappa shape index (κ1) is 53.3. The second kappa shape index (κ2) is 45.5. The maximum Gasteiger partial charge on any atom is 0.329 e. The Bertz CT molecular complexity index is 690. The standard InChI is InChI=1S/2C18H34O3.C2H4O3.Ti/c2*1-2-3-4-11-14-17(19)15-12-9-7-5-6-8-10-13-16-18(20)21;3-1-2(4)5;/h2*9,12,17,19H,2-8,10-11,13-16H2,1H3,(H,20,21);3H,1H2,(H,4,5);. The van der Waals surface area contributed by atoms with Crippen molar-refractivity contribution in [3.63, 3.8) is 0 Å². The van der Waals surface area contributed by atoms with Crippen molar-refractivity contribution < 1.29 is 66.7 Å². The number of aliphatic hydroxyl groups excluding tert-OH is 3. The second-order valence-electron chi connectivity index (χ2n) is 12.4. The quantitative estimate of drug-likeness (QED) is 0.0232. The van der Waals surface area contributed by atoms with Crippen LogP contribution >= 0.6 is 0 Å². The minimum atomic E-state index is -1.19. The summed E-state index contributed by atoms with van der Waals surface area (Å²) in [6.07, 6.45) is 34.7. The maximum atomic E-state index is 10.3. The van der Waals surface area contributed by atoms with E-state index in [0.29, 0.717) is 12.8 Å². The molecule has 6 N–H and O–H groups in total. The van der Waals surface area contributed by atoms with Crippen molar-refractivity contribution in [2.45, 2.75) is 193 Å². The molecule has 0 fully saturated rings. The fraction of sp³-hybridized carbons (Fsp3) is 0.816. The third kappa shape index (κ3) is 56.8. The van der Waals surface area contributed by atoms with Crippen LogP contribution < -0.4 is 0 Å². The van der Waals surface area contributed by atoms with Gasteiger partial charge in [-0.25, -0.2) is 4.79 Å². The van der Waals surface area contributed by atoms with Gasteiger partial charge in [0.1, 0.15) is 6.61 Å². The van der Waals surface area contributed by atoms with Gasteiger partial charge in [0.15, 0.2) is 0 Å². The predicted molar refractivity (Wildman–Crippen MR) is 192 cm³/mol. The zero-order chi connectivity index (χ0) is 35.8. The molecule has 0 aromatic heterocycles. The minimum Gasteiger partial charge on any atom is -0.481 e. The molecule has 0 rings (SSSR count). The summed E-state index contributed by atoms with van der Waals surface area (Å²) < 4.78 is 0. The Morgan fingerprint density at radius 3 is 1.10 bits per heavy atom. The average Bonchev–Trinajstić information content (AvgIpc) is 3.03. The largest absolute Gasteiger partial charge is 0.481 e. The molecule has 0 radical (unpaired) electrons. The number of aliphatic carboxylic acids is 3. The molecule has 0 amide bonds. The number of allylic oxidation sites excluding steroid dienone is 2. The summed E-state index contributed by atoms with van der Waals surface area (Å²) in [7, 11) is 0. The van der Waals surface area contributed by atoms with E-state index in [4.69, 9.17) is 25.2 Å². The first-order valence-corrected chi connectivity index (χ1v) is 18.5. The number of unbranched alkanes of at least 4 members (excludes halogenated alkanes) is 16. The first-order valence-electron chi connectivity index (χ1n) is 18.5. The smallest absolute Gasteiger partial charge is 0.329 e. The molecule has 0 saturated carbocycles. The van der Waals surface area contributed by atoms with Crippen LogP contribution in [0.25, 0.3) is 0 Å². The van der Waals surface area contributed by atoms with E-state index >= 15 is 0 Å². The van der Waals surface area contributed by atoms with Crippen molar-refractivity contribution in [2.24, 2.45) is 0 Å². The zero-order valence-electron chi connectivity index (χ0n) is 30.5. The Labute approximate surface area is 307 Å². The number of aliphatic hydroxyl groups is 3. The van der Waals surface area contributed by atoms with E-state index in [-0.39, 0.29) is 33.9 Å². The Hall–Kier alpha value is -1.52. The minimum absolute atomic E-state index is 0. The van der Waals surface area contributed by atoms with E-state index in [1.54, 1.807) is 0 Å². The Balaban J connectivity index is -0.000000346. The molecule has 2 unspecified atom stereocenters. The van der Waals surface area contributed by atoms with Crippen LogP contribution in [0.3, 0.4) is 0 Å². The molecule has 9 nitrogen and oxygen atoms in total. The van der Waals surface area contributed by atoms with E-state index in [9.17, 15) is 19.8 Å². The summed E-state index contributed by atoms with van der Waals surface area (Å²) in [6, 6.07) is 0. The van der Waals surface area contributed by atoms with Gasteiger partial charge in [-0.05, 0) is 64.2 Å². The molecule has 0 aliphatic carbocycles. The van der Waals surface area contributed by atoms with E-state index in [1.165, 1.54) is 51.4 Å². The Kier molecular flexibility index (Phi) is 50.5. The van der Waals surface area contributed by atoms with Gasteiger partial charge in [0, 0.05) is 34.6 Å². The van der Waals surface area contributed by atoms with Crippen LogP contribution in [0.5, 0.6) is 0 Å². The van der Waals surface area contributed by atoms with Gasteiger partial charge in [-0.1, -0.05) is 128 Å². The first-order chi connectivity index (χ1) is 22.6. The molecule has 0 aromatic carbocycles. The summed E-state index contributed by atoms with van der Waals surface area (Å²) >= 11 is 0. The Morgan fingerprint density at radius 1 is 0.479 bits per heavy atom. The molecular weight excluding hydrogens is 648 g/mol. The van der Waals surface area contributed by atoms with Gasteiger partial charge < -0.3 is 30.6 Å². The number of carboxylic acid groups (broad SMARTS) is 3. The van der Waals surface area contributed by atoms with Crippen LogP contribution in [-0.2, 0) is 36.1 Å². The van der Waals surface area contributed by atoms with Gasteiger partial charge in [-0.3, -0.25) is 9.59 Å². The SMILES string of the molecule is CCCCCCC(O)CC=CCCCCCCCC(=O)O.CCCCCCC(O)CC=CCCCCCCCC(=O)O.O=C(O)CO.[Ti]. The van der Waals surface area contributed by atoms with Gasteiger partial charge in [-0.15, -0.1) is 0 Å². The number of rotatable bonds is 31. The van der Waals surface area contributed by atoms with E-state index in [2.05, 4.69) is 38.2 Å². The van der Waals surface area contributed by atoms with Crippen LogP contribution in [-0.4, -0.2) is 67.4 Å². The van der Waals surface area contributed by atoms with Crippen molar-refractivity contribution in [1.29, 1.82) is 0 Å². The molecule has 48 heavy (non-hydrogen) atoms. The van der Waals surface area contributed by atoms with E-state index in [1.807, 2.05) is 0 Å². The number of hydrogen-bond acceptors (Lipinski definition) is 6. The fourth-order valence-corrected chi connectivity index (χ4v) is 4.73. The van der Waals surface area contributed by atoms with Gasteiger partial charge >= 0.3 is 17.9 Å². The summed E-state index contributed by atoms with van der Waals surface area (Å²) in [4.78, 5) is 29.8. The van der Waals surface area contributed by atoms with Crippen molar-refractivity contribution in [2.75, 3.05) is 6.61 Å². The van der Waals surface area contributed by atoms with Gasteiger partial charge in [0.2, 0.25) is 0 Å². The van der Waals surface area contributed by atoms with Gasteiger partial charge in [0.05, 0.1) is 12.2 Å². The molecule has 2 atom stereocenters. The average molecular weight is 721 g/mol. The monoisotopic (exact) mass is 720 g/mol. The predicted octanol–water partition coefficient (Wildman–Crippen LogP) is 9.22. The molecule has 0 spiro atoms. The summed E-state index contributed by atoms with van der Waals surface area (Å²) in [5.41, 5.74) is 0. The van der Waals surface area contributed by atoms with Gasteiger partial charge in [0.25, 0.3) is 0 Å². The third-order valence-corrected chi connectivity index (χ3v) is 7.59. The zero-order valence-corrected chi connectivity index (χ0v) is 32.0. The van der Waals surface area contributed by atoms with Crippen molar-refractivity contribution in [3.05, 3.63) is 24.3 Å². The molecule has 0 aliphatic rings. The van der Waals surface area contributed by atoms with Crippen LogP contribution in [0.4, 0.5) is 0 Å². The van der Waals surface area contributed by atoms with Crippen LogP contribution in [0.2, 0.25) is 0 Å². The molecule has 0 bridgehead atoms. The summed E-state index contributed by atoms with van der Waals surface area (Å²) in [5.74, 6) is -2.57. The van der Waals surface area contributed by atoms with Crippen molar-refractivity contribution in [3.8, 4) is 0 Å². The van der Waals surface area contributed by atoms with Crippen molar-refractivity contribution in [1.82, 2.24) is 0 Å². The normalized spacial score (nSPS) is 12.0. The summed E-state index contributed by atoms with van der Waals surface area (Å²) in [5, 5.41) is 51.6. The van der Waals surface area contributed by atoms with Crippen LogP contribution in [0, 0.1) is 0 Å². The molecule has 0 heterocycles. The molecule has 0 aromatic rings. The van der Waals surface area contributed by atoms with E-state index < -0.39 is 24.5 Å². The van der Waals surface area contributed by atoms with Crippen LogP contribution in [0.1, 0.15) is 181 Å². The van der Waals surface area contributed by atoms with Gasteiger partial charge in [-0.2, -0.15) is 0 Å². The van der Waals surface area contributed by atoms with Crippen molar-refractivity contribution >= 4 is 17.9 Å². The van der Waals surface area contributed by atoms with E-state index in [0.717, 1.165) is 103 Å². The fourth-order valence-electron chi connectivity index (χ4n) is 4.73. The summed E-state index contributed by atoms with van der Waals surface area (Å²) in [6.45, 7) is 3.62. The molecule has 282 valence electrons. The molecule has 0 aliphatic heterocycles. The molecular formula is C38H72O9Ti. The number of carbonyl (C=O) groups is 3. The van der Waals surface area contributed by atoms with Crippen LogP contribution in [0.15, 0.2) is 24.3 Å². The number of hydrogen-bond donors (Lipinski definition) is 6. The molecule has 10 heteroatoms. The Morgan fingerprint density at radius 2 is 0.792 bits per heavy atom. The number of carboxylic acids is 3. The second-order valence-corrected chi connectivity index (χ2v) is 12.4. The maximum absolute atomic E-state index is 10.3. The molecule has 0 saturated heterocycles.